The summed E-state index contributed by atoms with van der Waals surface area (Å²) < 4.78 is 5.25. The molecule has 0 saturated heterocycles. The number of carbonyl (C=O) groups excluding carboxylic acids is 1. The van der Waals surface area contributed by atoms with Crippen molar-refractivity contribution in [3.05, 3.63) is 12.1 Å². The number of anilines is 2. The number of thioether (sulfide) groups is 1. The largest absolute Gasteiger partial charge is 0.497 e. The topological polar surface area (TPSA) is 41.6 Å². The summed E-state index contributed by atoms with van der Waals surface area (Å²) >= 11 is 1.58. The van der Waals surface area contributed by atoms with Crippen molar-refractivity contribution in [2.24, 2.45) is 0 Å². The molecule has 0 radical (unpaired) electrons. The van der Waals surface area contributed by atoms with Gasteiger partial charge in [0.1, 0.15) is 5.75 Å². The average Bonchev–Trinajstić information content (AvgIpc) is 2.33. The molecular weight excluding hydrogens is 224 g/mol. The second-order valence-corrected chi connectivity index (χ2v) is 4.80. The van der Waals surface area contributed by atoms with Gasteiger partial charge in [0.25, 0.3) is 0 Å². The van der Waals surface area contributed by atoms with Crippen LogP contribution in [-0.4, -0.2) is 31.9 Å². The number of benzene rings is 1. The highest BCUT2D eigenvalue weighted by atomic mass is 32.2. The summed E-state index contributed by atoms with van der Waals surface area (Å²) in [4.78, 5) is 14.8. The monoisotopic (exact) mass is 236 g/mol. The maximum Gasteiger partial charge on any atom is 0.237 e. The summed E-state index contributed by atoms with van der Waals surface area (Å²) in [6.45, 7) is 1.56. The van der Waals surface area contributed by atoms with E-state index in [1.807, 2.05) is 17.0 Å². The van der Waals surface area contributed by atoms with Gasteiger partial charge in [-0.15, -0.1) is 11.8 Å². The molecule has 1 aromatic rings. The normalized spacial score (nSPS) is 17.8. The first-order chi connectivity index (χ1) is 7.79. The van der Waals surface area contributed by atoms with Crippen molar-refractivity contribution in [1.29, 1.82) is 0 Å². The fourth-order valence-corrected chi connectivity index (χ4v) is 3.10. The van der Waals surface area contributed by atoms with E-state index in [1.165, 1.54) is 0 Å². The highest BCUT2D eigenvalue weighted by molar-refractivity contribution is 8.00. The third-order valence-electron chi connectivity index (χ3n) is 2.86. The van der Waals surface area contributed by atoms with Crippen LogP contribution >= 0.6 is 11.8 Å². The Bertz CT molecular complexity index is 444. The Hall–Kier alpha value is -1.36. The SMILES string of the molecule is COc1cc2c3c(c1)SCC(=O)N3CCN2. The third-order valence-corrected chi connectivity index (χ3v) is 3.87. The van der Waals surface area contributed by atoms with E-state index in [0.717, 1.165) is 35.1 Å². The maximum absolute atomic E-state index is 11.8. The predicted molar refractivity (Wildman–Crippen MR) is 64.6 cm³/mol. The number of ether oxygens (including phenoxy) is 1. The van der Waals surface area contributed by atoms with Crippen LogP contribution in [0.25, 0.3) is 0 Å². The summed E-state index contributed by atoms with van der Waals surface area (Å²) in [6.07, 6.45) is 0. The van der Waals surface area contributed by atoms with Gasteiger partial charge in [-0.3, -0.25) is 4.79 Å². The van der Waals surface area contributed by atoms with Gasteiger partial charge in [0, 0.05) is 24.1 Å². The molecule has 3 rings (SSSR count). The van der Waals surface area contributed by atoms with E-state index in [-0.39, 0.29) is 5.91 Å². The number of nitrogens with one attached hydrogen (secondary N) is 1. The van der Waals surface area contributed by atoms with Gasteiger partial charge < -0.3 is 15.0 Å². The van der Waals surface area contributed by atoms with E-state index >= 15 is 0 Å². The van der Waals surface area contributed by atoms with Crippen LogP contribution in [0.2, 0.25) is 0 Å². The molecule has 0 fully saturated rings. The van der Waals surface area contributed by atoms with Crippen LogP contribution in [0.5, 0.6) is 5.75 Å². The molecule has 2 aliphatic rings. The van der Waals surface area contributed by atoms with Gasteiger partial charge in [-0.05, 0) is 6.07 Å². The number of nitrogens with zero attached hydrogens (tertiary/aromatic N) is 1. The molecule has 2 aliphatic heterocycles. The smallest absolute Gasteiger partial charge is 0.237 e. The van der Waals surface area contributed by atoms with E-state index < -0.39 is 0 Å². The van der Waals surface area contributed by atoms with Crippen LogP contribution < -0.4 is 15.0 Å². The minimum atomic E-state index is 0.199. The van der Waals surface area contributed by atoms with Crippen molar-refractivity contribution < 1.29 is 9.53 Å². The van der Waals surface area contributed by atoms with E-state index in [9.17, 15) is 4.79 Å². The lowest BCUT2D eigenvalue weighted by Gasteiger charge is -2.35. The summed E-state index contributed by atoms with van der Waals surface area (Å²) in [5.74, 6) is 1.56. The molecule has 1 N–H and O–H groups in total. The van der Waals surface area contributed by atoms with Crippen LogP contribution in [0.1, 0.15) is 0 Å². The van der Waals surface area contributed by atoms with Crippen LogP contribution in [0.15, 0.2) is 17.0 Å². The molecule has 0 unspecified atom stereocenters. The molecule has 0 saturated carbocycles. The third kappa shape index (κ3) is 1.35. The predicted octanol–water partition coefficient (Wildman–Crippen LogP) is 1.56. The first-order valence-electron chi connectivity index (χ1n) is 5.18. The zero-order valence-electron chi connectivity index (χ0n) is 8.95. The summed E-state index contributed by atoms with van der Waals surface area (Å²) in [7, 11) is 1.66. The highest BCUT2D eigenvalue weighted by Gasteiger charge is 2.30. The fraction of sp³-hybridized carbons (Fsp3) is 0.364. The van der Waals surface area contributed by atoms with Crippen molar-refractivity contribution in [3.63, 3.8) is 0 Å². The van der Waals surface area contributed by atoms with Gasteiger partial charge in [-0.2, -0.15) is 0 Å². The van der Waals surface area contributed by atoms with Gasteiger partial charge in [0.05, 0.1) is 24.2 Å². The highest BCUT2D eigenvalue weighted by Crippen LogP contribution is 2.44. The number of amides is 1. The Morgan fingerprint density at radius 2 is 2.38 bits per heavy atom. The number of rotatable bonds is 1. The second-order valence-electron chi connectivity index (χ2n) is 3.78. The van der Waals surface area contributed by atoms with E-state index in [0.29, 0.717) is 5.75 Å². The number of hydrogen-bond acceptors (Lipinski definition) is 4. The minimum Gasteiger partial charge on any atom is -0.497 e. The van der Waals surface area contributed by atoms with Crippen molar-refractivity contribution >= 4 is 29.0 Å². The van der Waals surface area contributed by atoms with E-state index in [2.05, 4.69) is 5.32 Å². The maximum atomic E-state index is 11.8. The first-order valence-corrected chi connectivity index (χ1v) is 6.17. The summed E-state index contributed by atoms with van der Waals surface area (Å²) in [5.41, 5.74) is 2.02. The molecule has 0 aliphatic carbocycles. The molecule has 0 atom stereocenters. The lowest BCUT2D eigenvalue weighted by atomic mass is 10.2. The zero-order valence-corrected chi connectivity index (χ0v) is 9.76. The van der Waals surface area contributed by atoms with Crippen molar-refractivity contribution in [1.82, 2.24) is 0 Å². The van der Waals surface area contributed by atoms with Crippen LogP contribution in [-0.2, 0) is 4.79 Å². The lowest BCUT2D eigenvalue weighted by molar-refractivity contribution is -0.116. The molecule has 0 spiro atoms. The number of carbonyl (C=O) groups is 1. The number of methoxy groups -OCH3 is 1. The molecule has 16 heavy (non-hydrogen) atoms. The molecular formula is C11H12N2O2S. The summed E-state index contributed by atoms with van der Waals surface area (Å²) in [5, 5.41) is 3.31. The lowest BCUT2D eigenvalue weighted by Crippen LogP contribution is -2.42. The molecule has 2 heterocycles. The quantitative estimate of drug-likeness (QED) is 0.803. The summed E-state index contributed by atoms with van der Waals surface area (Å²) in [6, 6.07) is 3.94. The Labute approximate surface area is 98.0 Å². The van der Waals surface area contributed by atoms with Gasteiger partial charge in [0.15, 0.2) is 0 Å². The van der Waals surface area contributed by atoms with Crippen molar-refractivity contribution in [2.75, 3.05) is 36.2 Å². The average molecular weight is 236 g/mol. The molecule has 0 bridgehead atoms. The van der Waals surface area contributed by atoms with Gasteiger partial charge in [-0.1, -0.05) is 0 Å². The van der Waals surface area contributed by atoms with Crippen LogP contribution in [0.3, 0.4) is 0 Å². The van der Waals surface area contributed by atoms with E-state index in [1.54, 1.807) is 18.9 Å². The minimum absolute atomic E-state index is 0.199. The molecule has 1 aromatic carbocycles. The molecule has 4 nitrogen and oxygen atoms in total. The van der Waals surface area contributed by atoms with Crippen LogP contribution in [0, 0.1) is 0 Å². The first kappa shape index (κ1) is 9.84. The van der Waals surface area contributed by atoms with Crippen molar-refractivity contribution in [2.45, 2.75) is 4.90 Å². The standard InChI is InChI=1S/C11H12N2O2S/c1-15-7-4-8-11-9(5-7)16-6-10(14)13(11)3-2-12-8/h4-5,12H,2-3,6H2,1H3. The molecule has 5 heteroatoms. The Kier molecular flexibility index (Phi) is 2.21. The fourth-order valence-electron chi connectivity index (χ4n) is 2.10. The van der Waals surface area contributed by atoms with Gasteiger partial charge >= 0.3 is 0 Å². The van der Waals surface area contributed by atoms with Crippen LogP contribution in [0.4, 0.5) is 11.4 Å². The van der Waals surface area contributed by atoms with Gasteiger partial charge in [-0.25, -0.2) is 0 Å². The van der Waals surface area contributed by atoms with Gasteiger partial charge in [0.2, 0.25) is 5.91 Å². The van der Waals surface area contributed by atoms with E-state index in [4.69, 9.17) is 4.74 Å². The Morgan fingerprint density at radius 1 is 1.50 bits per heavy atom. The molecule has 84 valence electrons. The second kappa shape index (κ2) is 3.59. The zero-order chi connectivity index (χ0) is 11.1. The Balaban J connectivity index is 2.18. The Morgan fingerprint density at radius 3 is 3.19 bits per heavy atom. The molecule has 1 amide bonds. The van der Waals surface area contributed by atoms with Crippen molar-refractivity contribution in [3.8, 4) is 5.75 Å². The molecule has 0 aromatic heterocycles. The number of hydrogen-bond donors (Lipinski definition) is 1.